The van der Waals surface area contributed by atoms with Crippen LogP contribution in [0.15, 0.2) is 48.5 Å². The largest absolute Gasteiger partial charge is 0.484 e. The number of Topliss-reactive ketones (excluding diaryl/α,β-unsaturated/α-hetero) is 1. The first-order valence-electron chi connectivity index (χ1n) is 9.29. The highest BCUT2D eigenvalue weighted by atomic mass is 16.5. The third-order valence-electron chi connectivity index (χ3n) is 4.28. The summed E-state index contributed by atoms with van der Waals surface area (Å²) >= 11 is 0. The topological polar surface area (TPSA) is 84.5 Å². The molecule has 0 aliphatic carbocycles. The fraction of sp³-hybridized carbons (Fsp3) is 0.318. The SMILES string of the molecule is CCC(C)NC(=O)c1cccc(CNC(=O)COc2cccc(C(C)=O)c2)c1. The fourth-order valence-corrected chi connectivity index (χ4v) is 2.44. The van der Waals surface area contributed by atoms with Crippen LogP contribution in [-0.4, -0.2) is 30.2 Å². The molecule has 1 atom stereocenters. The predicted octanol–water partition coefficient (Wildman–Crippen LogP) is 3.11. The Bertz CT molecular complexity index is 848. The highest BCUT2D eigenvalue weighted by molar-refractivity contribution is 5.95. The van der Waals surface area contributed by atoms with Crippen LogP contribution >= 0.6 is 0 Å². The molecule has 28 heavy (non-hydrogen) atoms. The normalized spacial score (nSPS) is 11.4. The van der Waals surface area contributed by atoms with Crippen LogP contribution in [0.25, 0.3) is 0 Å². The Balaban J connectivity index is 1.86. The van der Waals surface area contributed by atoms with E-state index in [0.717, 1.165) is 12.0 Å². The molecule has 2 amide bonds. The molecule has 0 bridgehead atoms. The molecule has 0 saturated carbocycles. The lowest BCUT2D eigenvalue weighted by atomic mass is 10.1. The summed E-state index contributed by atoms with van der Waals surface area (Å²) in [7, 11) is 0. The highest BCUT2D eigenvalue weighted by Crippen LogP contribution is 2.13. The van der Waals surface area contributed by atoms with E-state index in [1.54, 1.807) is 42.5 Å². The van der Waals surface area contributed by atoms with Crippen molar-refractivity contribution >= 4 is 17.6 Å². The van der Waals surface area contributed by atoms with Crippen LogP contribution in [0.2, 0.25) is 0 Å². The van der Waals surface area contributed by atoms with Crippen LogP contribution < -0.4 is 15.4 Å². The second-order valence-electron chi connectivity index (χ2n) is 6.63. The second kappa shape index (κ2) is 10.3. The maximum Gasteiger partial charge on any atom is 0.258 e. The van der Waals surface area contributed by atoms with Crippen molar-refractivity contribution in [1.29, 1.82) is 0 Å². The van der Waals surface area contributed by atoms with Gasteiger partial charge in [0, 0.05) is 23.7 Å². The maximum atomic E-state index is 12.2. The Labute approximate surface area is 165 Å². The van der Waals surface area contributed by atoms with Gasteiger partial charge >= 0.3 is 0 Å². The number of nitrogens with one attached hydrogen (secondary N) is 2. The summed E-state index contributed by atoms with van der Waals surface area (Å²) in [4.78, 5) is 35.6. The van der Waals surface area contributed by atoms with E-state index < -0.39 is 0 Å². The Kier molecular flexibility index (Phi) is 7.75. The zero-order valence-corrected chi connectivity index (χ0v) is 16.5. The summed E-state index contributed by atoms with van der Waals surface area (Å²) in [6.45, 7) is 5.57. The van der Waals surface area contributed by atoms with Crippen LogP contribution in [0, 0.1) is 0 Å². The first-order chi connectivity index (χ1) is 13.4. The number of amides is 2. The van der Waals surface area contributed by atoms with Crippen molar-refractivity contribution in [3.05, 3.63) is 65.2 Å². The van der Waals surface area contributed by atoms with Gasteiger partial charge in [-0.2, -0.15) is 0 Å². The monoisotopic (exact) mass is 382 g/mol. The molecule has 6 nitrogen and oxygen atoms in total. The van der Waals surface area contributed by atoms with Crippen molar-refractivity contribution in [2.24, 2.45) is 0 Å². The Morgan fingerprint density at radius 1 is 1.04 bits per heavy atom. The summed E-state index contributed by atoms with van der Waals surface area (Å²) in [6.07, 6.45) is 0.858. The molecule has 0 aliphatic rings. The van der Waals surface area contributed by atoms with E-state index in [0.29, 0.717) is 23.4 Å². The molecule has 0 heterocycles. The lowest BCUT2D eigenvalue weighted by molar-refractivity contribution is -0.123. The first-order valence-corrected chi connectivity index (χ1v) is 9.29. The second-order valence-corrected chi connectivity index (χ2v) is 6.63. The number of carbonyl (C=O) groups is 3. The van der Waals surface area contributed by atoms with Gasteiger partial charge in [0.1, 0.15) is 5.75 Å². The van der Waals surface area contributed by atoms with E-state index in [1.165, 1.54) is 6.92 Å². The molecular weight excluding hydrogens is 356 g/mol. The third kappa shape index (κ3) is 6.54. The van der Waals surface area contributed by atoms with E-state index in [2.05, 4.69) is 10.6 Å². The molecule has 0 fully saturated rings. The summed E-state index contributed by atoms with van der Waals surface area (Å²) < 4.78 is 5.44. The summed E-state index contributed by atoms with van der Waals surface area (Å²) in [5, 5.41) is 5.68. The van der Waals surface area contributed by atoms with Gasteiger partial charge in [0.2, 0.25) is 0 Å². The third-order valence-corrected chi connectivity index (χ3v) is 4.28. The van der Waals surface area contributed by atoms with Gasteiger partial charge < -0.3 is 15.4 Å². The highest BCUT2D eigenvalue weighted by Gasteiger charge is 2.10. The van der Waals surface area contributed by atoms with Gasteiger partial charge in [-0.3, -0.25) is 14.4 Å². The lowest BCUT2D eigenvalue weighted by Gasteiger charge is -2.12. The van der Waals surface area contributed by atoms with Gasteiger partial charge in [0.25, 0.3) is 11.8 Å². The Morgan fingerprint density at radius 3 is 2.46 bits per heavy atom. The summed E-state index contributed by atoms with van der Waals surface area (Å²) in [5.74, 6) is -0.0161. The maximum absolute atomic E-state index is 12.2. The molecule has 148 valence electrons. The summed E-state index contributed by atoms with van der Waals surface area (Å²) in [6, 6.07) is 13.9. The van der Waals surface area contributed by atoms with Crippen LogP contribution in [0.4, 0.5) is 0 Å². The molecule has 0 saturated heterocycles. The van der Waals surface area contributed by atoms with Gasteiger partial charge in [-0.15, -0.1) is 0 Å². The number of hydrogen-bond donors (Lipinski definition) is 2. The standard InChI is InChI=1S/C22H26N2O4/c1-4-15(2)24-22(27)19-9-5-7-17(11-19)13-23-21(26)14-28-20-10-6-8-18(12-20)16(3)25/h5-12,15H,4,13-14H2,1-3H3,(H,23,26)(H,24,27). The zero-order valence-electron chi connectivity index (χ0n) is 16.5. The number of ketones is 1. The van der Waals surface area contributed by atoms with E-state index in [9.17, 15) is 14.4 Å². The summed E-state index contributed by atoms with van der Waals surface area (Å²) in [5.41, 5.74) is 1.92. The van der Waals surface area contributed by atoms with Crippen LogP contribution in [-0.2, 0) is 11.3 Å². The van der Waals surface area contributed by atoms with Crippen molar-refractivity contribution < 1.29 is 19.1 Å². The molecule has 2 N–H and O–H groups in total. The molecule has 0 aliphatic heterocycles. The minimum atomic E-state index is -0.289. The number of ether oxygens (including phenoxy) is 1. The number of carbonyl (C=O) groups excluding carboxylic acids is 3. The van der Waals surface area contributed by atoms with E-state index in [4.69, 9.17) is 4.74 Å². The number of rotatable bonds is 9. The molecule has 0 radical (unpaired) electrons. The number of hydrogen-bond acceptors (Lipinski definition) is 4. The molecule has 6 heteroatoms. The molecular formula is C22H26N2O4. The minimum absolute atomic E-state index is 0.0628. The average Bonchev–Trinajstić information content (AvgIpc) is 2.71. The quantitative estimate of drug-likeness (QED) is 0.653. The van der Waals surface area contributed by atoms with Crippen molar-refractivity contribution in [1.82, 2.24) is 10.6 Å². The fourth-order valence-electron chi connectivity index (χ4n) is 2.44. The Morgan fingerprint density at radius 2 is 1.75 bits per heavy atom. The molecule has 2 aromatic rings. The van der Waals surface area contributed by atoms with E-state index in [1.807, 2.05) is 19.9 Å². The van der Waals surface area contributed by atoms with Crippen molar-refractivity contribution in [3.63, 3.8) is 0 Å². The van der Waals surface area contributed by atoms with Gasteiger partial charge in [-0.25, -0.2) is 0 Å². The molecule has 2 aromatic carbocycles. The van der Waals surface area contributed by atoms with Gasteiger partial charge in [0.05, 0.1) is 0 Å². The van der Waals surface area contributed by atoms with Crippen LogP contribution in [0.5, 0.6) is 5.75 Å². The minimum Gasteiger partial charge on any atom is -0.484 e. The van der Waals surface area contributed by atoms with E-state index in [-0.39, 0.29) is 30.2 Å². The Hall–Kier alpha value is -3.15. The average molecular weight is 382 g/mol. The molecule has 0 spiro atoms. The molecule has 1 unspecified atom stereocenters. The smallest absolute Gasteiger partial charge is 0.258 e. The van der Waals surface area contributed by atoms with Gasteiger partial charge in [-0.05, 0) is 50.1 Å². The first kappa shape index (κ1) is 21.2. The molecule has 0 aromatic heterocycles. The van der Waals surface area contributed by atoms with E-state index >= 15 is 0 Å². The van der Waals surface area contributed by atoms with Gasteiger partial charge in [-0.1, -0.05) is 31.2 Å². The zero-order chi connectivity index (χ0) is 20.5. The van der Waals surface area contributed by atoms with Crippen molar-refractivity contribution in [2.45, 2.75) is 39.8 Å². The van der Waals surface area contributed by atoms with Crippen molar-refractivity contribution in [3.8, 4) is 5.75 Å². The number of benzene rings is 2. The van der Waals surface area contributed by atoms with Crippen LogP contribution in [0.1, 0.15) is 53.5 Å². The van der Waals surface area contributed by atoms with Crippen molar-refractivity contribution in [2.75, 3.05) is 6.61 Å². The predicted molar refractivity (Wildman–Crippen MR) is 107 cm³/mol. The van der Waals surface area contributed by atoms with Crippen LogP contribution in [0.3, 0.4) is 0 Å². The van der Waals surface area contributed by atoms with Gasteiger partial charge in [0.15, 0.2) is 12.4 Å². The lowest BCUT2D eigenvalue weighted by Crippen LogP contribution is -2.32. The molecule has 2 rings (SSSR count).